The van der Waals surface area contributed by atoms with E-state index in [0.717, 1.165) is 19.3 Å². The van der Waals surface area contributed by atoms with Crippen LogP contribution < -0.4 is 0 Å². The van der Waals surface area contributed by atoms with E-state index in [9.17, 15) is 4.79 Å². The number of ether oxygens (including phenoxy) is 1. The lowest BCUT2D eigenvalue weighted by Crippen LogP contribution is -2.06. The minimum atomic E-state index is -0.0959. The highest BCUT2D eigenvalue weighted by Crippen LogP contribution is 2.07. The molecule has 0 amide bonds. The normalized spacial score (nSPS) is 10.1. The van der Waals surface area contributed by atoms with Gasteiger partial charge in [-0.3, -0.25) is 4.79 Å². The van der Waals surface area contributed by atoms with Crippen molar-refractivity contribution in [1.82, 2.24) is 0 Å². The molecule has 0 saturated carbocycles. The number of hydrogen-bond acceptors (Lipinski definition) is 2. The Balaban J connectivity index is 2.33. The largest absolute Gasteiger partial charge is 0.466 e. The van der Waals surface area contributed by atoms with Gasteiger partial charge in [-0.1, -0.05) is 38.1 Å². The van der Waals surface area contributed by atoms with Gasteiger partial charge in [-0.05, 0) is 30.4 Å². The third-order valence-corrected chi connectivity index (χ3v) is 2.52. The predicted octanol–water partition coefficient (Wildman–Crippen LogP) is 3.13. The molecule has 0 saturated heterocycles. The molecule has 1 aromatic carbocycles. The van der Waals surface area contributed by atoms with Crippen molar-refractivity contribution in [3.05, 3.63) is 35.4 Å². The Labute approximate surface area is 97.6 Å². The molecule has 0 atom stereocenters. The maximum atomic E-state index is 11.3. The van der Waals surface area contributed by atoms with Crippen LogP contribution in [0.25, 0.3) is 0 Å². The maximum absolute atomic E-state index is 11.3. The molecule has 0 fully saturated rings. The second-order valence-electron chi connectivity index (χ2n) is 3.89. The summed E-state index contributed by atoms with van der Waals surface area (Å²) < 4.78 is 5.02. The zero-order chi connectivity index (χ0) is 11.8. The van der Waals surface area contributed by atoms with E-state index < -0.39 is 0 Å². The van der Waals surface area contributed by atoms with Crippen LogP contribution in [-0.4, -0.2) is 12.6 Å². The van der Waals surface area contributed by atoms with Gasteiger partial charge < -0.3 is 4.74 Å². The summed E-state index contributed by atoms with van der Waals surface area (Å²) >= 11 is 0. The van der Waals surface area contributed by atoms with Crippen molar-refractivity contribution < 1.29 is 9.53 Å². The van der Waals surface area contributed by atoms with Gasteiger partial charge in [0.05, 0.1) is 6.61 Å². The quantitative estimate of drug-likeness (QED) is 0.688. The monoisotopic (exact) mass is 220 g/mol. The van der Waals surface area contributed by atoms with E-state index >= 15 is 0 Å². The number of carbonyl (C=O) groups excluding carboxylic acids is 1. The third-order valence-electron chi connectivity index (χ3n) is 2.52. The lowest BCUT2D eigenvalue weighted by atomic mass is 10.1. The van der Waals surface area contributed by atoms with Crippen LogP contribution in [0.2, 0.25) is 0 Å². The lowest BCUT2D eigenvalue weighted by molar-refractivity contribution is -0.143. The molecule has 2 heteroatoms. The van der Waals surface area contributed by atoms with Gasteiger partial charge in [-0.15, -0.1) is 0 Å². The first-order chi connectivity index (χ1) is 7.76. The molecule has 0 unspecified atom stereocenters. The van der Waals surface area contributed by atoms with Gasteiger partial charge in [0.2, 0.25) is 0 Å². The van der Waals surface area contributed by atoms with Crippen molar-refractivity contribution in [3.8, 4) is 0 Å². The molecule has 0 heterocycles. The van der Waals surface area contributed by atoms with Crippen LogP contribution in [0.1, 0.15) is 37.8 Å². The molecular weight excluding hydrogens is 200 g/mol. The second kappa shape index (κ2) is 7.04. The third kappa shape index (κ3) is 4.47. The fraction of sp³-hybridized carbons (Fsp3) is 0.500. The van der Waals surface area contributed by atoms with Crippen molar-refractivity contribution in [2.75, 3.05) is 6.61 Å². The first-order valence-corrected chi connectivity index (χ1v) is 5.99. The molecule has 0 radical (unpaired) electrons. The number of benzene rings is 1. The molecule has 0 aliphatic carbocycles. The molecule has 88 valence electrons. The van der Waals surface area contributed by atoms with E-state index in [-0.39, 0.29) is 5.97 Å². The van der Waals surface area contributed by atoms with Gasteiger partial charge in [0.25, 0.3) is 0 Å². The minimum Gasteiger partial charge on any atom is -0.466 e. The van der Waals surface area contributed by atoms with Crippen LogP contribution in [0, 0.1) is 0 Å². The summed E-state index contributed by atoms with van der Waals surface area (Å²) in [6.07, 6.45) is 3.19. The highest BCUT2D eigenvalue weighted by molar-refractivity contribution is 5.69. The first-order valence-electron chi connectivity index (χ1n) is 5.99. The van der Waals surface area contributed by atoms with E-state index in [2.05, 4.69) is 31.2 Å². The van der Waals surface area contributed by atoms with Gasteiger partial charge in [0, 0.05) is 6.42 Å². The van der Waals surface area contributed by atoms with E-state index in [1.54, 1.807) is 0 Å². The Kier molecular flexibility index (Phi) is 5.62. The molecule has 16 heavy (non-hydrogen) atoms. The van der Waals surface area contributed by atoms with Crippen molar-refractivity contribution in [3.63, 3.8) is 0 Å². The van der Waals surface area contributed by atoms with Crippen LogP contribution in [0.5, 0.6) is 0 Å². The van der Waals surface area contributed by atoms with Crippen molar-refractivity contribution in [2.24, 2.45) is 0 Å². The Bertz CT molecular complexity index is 314. The van der Waals surface area contributed by atoms with E-state index in [4.69, 9.17) is 4.74 Å². The summed E-state index contributed by atoms with van der Waals surface area (Å²) in [5.41, 5.74) is 2.53. The van der Waals surface area contributed by atoms with Gasteiger partial charge in [0.1, 0.15) is 0 Å². The summed E-state index contributed by atoms with van der Waals surface area (Å²) in [7, 11) is 0. The summed E-state index contributed by atoms with van der Waals surface area (Å²) in [6.45, 7) is 4.67. The maximum Gasteiger partial charge on any atom is 0.306 e. The Morgan fingerprint density at radius 2 is 1.75 bits per heavy atom. The molecule has 2 nitrogen and oxygen atoms in total. The average molecular weight is 220 g/mol. The Morgan fingerprint density at radius 3 is 2.31 bits per heavy atom. The molecule has 0 spiro atoms. The number of aryl methyl sites for hydroxylation is 2. The smallest absolute Gasteiger partial charge is 0.306 e. The topological polar surface area (TPSA) is 26.3 Å². The summed E-state index contributed by atoms with van der Waals surface area (Å²) in [6, 6.07) is 8.41. The molecule has 1 aromatic rings. The minimum absolute atomic E-state index is 0.0959. The standard InChI is InChI=1S/C14H20O2/c1-3-11-16-14(15)10-9-13-7-5-12(4-2)6-8-13/h5-8H,3-4,9-11H2,1-2H3. The fourth-order valence-electron chi connectivity index (χ4n) is 1.48. The number of esters is 1. The highest BCUT2D eigenvalue weighted by atomic mass is 16.5. The van der Waals surface area contributed by atoms with Gasteiger partial charge in [-0.25, -0.2) is 0 Å². The van der Waals surface area contributed by atoms with Crippen LogP contribution >= 0.6 is 0 Å². The van der Waals surface area contributed by atoms with E-state index in [1.165, 1.54) is 11.1 Å². The van der Waals surface area contributed by atoms with E-state index in [1.807, 2.05) is 6.92 Å². The number of rotatable bonds is 6. The second-order valence-corrected chi connectivity index (χ2v) is 3.89. The van der Waals surface area contributed by atoms with Crippen molar-refractivity contribution in [2.45, 2.75) is 39.5 Å². The van der Waals surface area contributed by atoms with E-state index in [0.29, 0.717) is 13.0 Å². The van der Waals surface area contributed by atoms with Crippen LogP contribution in [0.15, 0.2) is 24.3 Å². The number of carbonyl (C=O) groups is 1. The summed E-state index contributed by atoms with van der Waals surface area (Å²) in [4.78, 5) is 11.3. The molecule has 0 aliphatic heterocycles. The molecular formula is C14H20O2. The Hall–Kier alpha value is -1.31. The molecule has 0 N–H and O–H groups in total. The molecule has 0 bridgehead atoms. The first kappa shape index (κ1) is 12.8. The summed E-state index contributed by atoms with van der Waals surface area (Å²) in [5.74, 6) is -0.0959. The molecule has 0 aromatic heterocycles. The van der Waals surface area contributed by atoms with Crippen LogP contribution in [0.3, 0.4) is 0 Å². The average Bonchev–Trinajstić information content (AvgIpc) is 2.34. The fourth-order valence-corrected chi connectivity index (χ4v) is 1.48. The Morgan fingerprint density at radius 1 is 1.12 bits per heavy atom. The van der Waals surface area contributed by atoms with Crippen LogP contribution in [0.4, 0.5) is 0 Å². The number of hydrogen-bond donors (Lipinski definition) is 0. The summed E-state index contributed by atoms with van der Waals surface area (Å²) in [5, 5.41) is 0. The molecule has 0 aliphatic rings. The van der Waals surface area contributed by atoms with Gasteiger partial charge in [0.15, 0.2) is 0 Å². The van der Waals surface area contributed by atoms with Crippen LogP contribution in [-0.2, 0) is 22.4 Å². The van der Waals surface area contributed by atoms with Crippen molar-refractivity contribution >= 4 is 5.97 Å². The lowest BCUT2D eigenvalue weighted by Gasteiger charge is -2.04. The zero-order valence-electron chi connectivity index (χ0n) is 10.2. The SMILES string of the molecule is CCCOC(=O)CCc1ccc(CC)cc1. The molecule has 1 rings (SSSR count). The van der Waals surface area contributed by atoms with Crippen molar-refractivity contribution in [1.29, 1.82) is 0 Å². The zero-order valence-corrected chi connectivity index (χ0v) is 10.2. The predicted molar refractivity (Wildman–Crippen MR) is 65.4 cm³/mol. The highest BCUT2D eigenvalue weighted by Gasteiger charge is 2.02. The van der Waals surface area contributed by atoms with Gasteiger partial charge >= 0.3 is 5.97 Å². The van der Waals surface area contributed by atoms with Gasteiger partial charge in [-0.2, -0.15) is 0 Å².